The molecule has 1 atom stereocenters. The second kappa shape index (κ2) is 5.36. The predicted molar refractivity (Wildman–Crippen MR) is 82.0 cm³/mol. The first-order chi connectivity index (χ1) is 9.95. The van der Waals surface area contributed by atoms with Crippen molar-refractivity contribution in [3.63, 3.8) is 0 Å². The number of hydrogen-bond acceptors (Lipinski definition) is 4. The number of sulfonamides is 1. The van der Waals surface area contributed by atoms with E-state index in [0.717, 1.165) is 30.4 Å². The van der Waals surface area contributed by atoms with Gasteiger partial charge in [0.1, 0.15) is 5.54 Å². The highest BCUT2D eigenvalue weighted by atomic mass is 79.9. The van der Waals surface area contributed by atoms with E-state index in [4.69, 9.17) is 0 Å². The zero-order chi connectivity index (χ0) is 15.1. The molecule has 3 saturated heterocycles. The van der Waals surface area contributed by atoms with Crippen molar-refractivity contribution < 1.29 is 8.42 Å². The highest BCUT2D eigenvalue weighted by molar-refractivity contribution is 9.10. The molecule has 3 heterocycles. The van der Waals surface area contributed by atoms with Gasteiger partial charge in [0.15, 0.2) is 0 Å². The van der Waals surface area contributed by atoms with Crippen molar-refractivity contribution in [1.29, 1.82) is 5.26 Å². The van der Waals surface area contributed by atoms with Gasteiger partial charge in [0.2, 0.25) is 10.0 Å². The minimum atomic E-state index is -3.69. The molecule has 112 valence electrons. The molecule has 0 amide bonds. The summed E-state index contributed by atoms with van der Waals surface area (Å²) in [5.41, 5.74) is -0.998. The van der Waals surface area contributed by atoms with Crippen molar-refractivity contribution in [3.05, 3.63) is 28.7 Å². The number of fused-ring (bicyclic) bond motifs is 3. The number of benzene rings is 1. The highest BCUT2D eigenvalue weighted by Crippen LogP contribution is 2.36. The summed E-state index contributed by atoms with van der Waals surface area (Å²) in [4.78, 5) is 2.35. The van der Waals surface area contributed by atoms with Crippen LogP contribution in [-0.2, 0) is 10.0 Å². The van der Waals surface area contributed by atoms with Gasteiger partial charge in [0.25, 0.3) is 0 Å². The highest BCUT2D eigenvalue weighted by Gasteiger charge is 2.49. The third-order valence-corrected chi connectivity index (χ3v) is 6.45. The van der Waals surface area contributed by atoms with E-state index in [9.17, 15) is 13.7 Å². The number of piperidine rings is 3. The third kappa shape index (κ3) is 2.73. The normalized spacial score (nSPS) is 31.8. The molecule has 0 radical (unpaired) electrons. The first kappa shape index (κ1) is 15.0. The molecule has 3 aliphatic heterocycles. The molecule has 0 spiro atoms. The fourth-order valence-electron chi connectivity index (χ4n) is 3.24. The summed E-state index contributed by atoms with van der Waals surface area (Å²) in [6, 6.07) is 8.70. The number of nitriles is 1. The largest absolute Gasteiger partial charge is 0.300 e. The molecule has 21 heavy (non-hydrogen) atoms. The summed E-state index contributed by atoms with van der Waals surface area (Å²) in [5.74, 6) is 0.0951. The van der Waals surface area contributed by atoms with Crippen LogP contribution in [0.5, 0.6) is 0 Å². The summed E-state index contributed by atoms with van der Waals surface area (Å²) >= 11 is 3.29. The van der Waals surface area contributed by atoms with Crippen LogP contribution in [0.1, 0.15) is 12.8 Å². The lowest BCUT2D eigenvalue weighted by molar-refractivity contribution is 0.0489. The Morgan fingerprint density at radius 1 is 1.29 bits per heavy atom. The Bertz CT molecular complexity index is 675. The molecule has 1 aromatic rings. The van der Waals surface area contributed by atoms with Gasteiger partial charge < -0.3 is 4.90 Å². The molecule has 7 heteroatoms. The maximum atomic E-state index is 12.6. The number of rotatable bonds is 3. The fraction of sp³-hybridized carbons (Fsp3) is 0.500. The molecule has 5 nitrogen and oxygen atoms in total. The van der Waals surface area contributed by atoms with Crippen molar-refractivity contribution in [2.75, 3.05) is 19.6 Å². The Kier molecular flexibility index (Phi) is 3.82. The summed E-state index contributed by atoms with van der Waals surface area (Å²) in [5, 5.41) is 9.61. The molecule has 2 bridgehead atoms. The van der Waals surface area contributed by atoms with Crippen LogP contribution in [0.15, 0.2) is 33.6 Å². The summed E-state index contributed by atoms with van der Waals surface area (Å²) in [7, 11) is -3.69. The van der Waals surface area contributed by atoms with Gasteiger partial charge in [-0.25, -0.2) is 8.42 Å². The van der Waals surface area contributed by atoms with E-state index in [2.05, 4.69) is 31.6 Å². The third-order valence-electron chi connectivity index (χ3n) is 4.40. The minimum absolute atomic E-state index is 0.0951. The number of halogens is 1. The summed E-state index contributed by atoms with van der Waals surface area (Å²) in [6.45, 7) is 2.38. The molecule has 0 unspecified atom stereocenters. The molecule has 0 aromatic heterocycles. The van der Waals surface area contributed by atoms with E-state index >= 15 is 0 Å². The second-order valence-corrected chi connectivity index (χ2v) is 8.29. The standard InChI is InChI=1S/C14H16BrN3O2S/c15-12-1-3-13(4-2-12)21(19,20)17-14(9-16)10-18-7-5-11(14)6-8-18/h1-4,11,17H,5-8,10H2/t14-/m1/s1. The monoisotopic (exact) mass is 369 g/mol. The van der Waals surface area contributed by atoms with Crippen LogP contribution < -0.4 is 4.72 Å². The SMILES string of the molecule is N#C[C@@]1(NS(=O)(=O)c2ccc(Br)cc2)CN2CCC1CC2. The molecule has 0 saturated carbocycles. The molecule has 1 aromatic carbocycles. The maximum absolute atomic E-state index is 12.6. The van der Waals surface area contributed by atoms with E-state index < -0.39 is 15.6 Å². The van der Waals surface area contributed by atoms with Crippen LogP contribution >= 0.6 is 15.9 Å². The summed E-state index contributed by atoms with van der Waals surface area (Å²) in [6.07, 6.45) is 1.74. The Hall–Kier alpha value is -0.940. The Labute approximate surface area is 133 Å². The first-order valence-corrected chi connectivity index (χ1v) is 9.16. The van der Waals surface area contributed by atoms with Gasteiger partial charge in [-0.2, -0.15) is 9.98 Å². The topological polar surface area (TPSA) is 73.2 Å². The number of nitrogens with zero attached hydrogens (tertiary/aromatic N) is 2. The lowest BCUT2D eigenvalue weighted by Crippen LogP contribution is -2.66. The Morgan fingerprint density at radius 2 is 1.90 bits per heavy atom. The van der Waals surface area contributed by atoms with Crippen LogP contribution in [0.3, 0.4) is 0 Å². The van der Waals surface area contributed by atoms with Crippen LogP contribution in [0.2, 0.25) is 0 Å². The minimum Gasteiger partial charge on any atom is -0.300 e. The van der Waals surface area contributed by atoms with E-state index in [0.29, 0.717) is 6.54 Å². The average molecular weight is 370 g/mol. The lowest BCUT2D eigenvalue weighted by Gasteiger charge is -2.49. The first-order valence-electron chi connectivity index (χ1n) is 6.88. The van der Waals surface area contributed by atoms with Crippen molar-refractivity contribution in [1.82, 2.24) is 9.62 Å². The van der Waals surface area contributed by atoms with Crippen LogP contribution in [0.25, 0.3) is 0 Å². The summed E-state index contributed by atoms with van der Waals surface area (Å²) < 4.78 is 28.6. The Morgan fingerprint density at radius 3 is 2.38 bits per heavy atom. The van der Waals surface area contributed by atoms with E-state index in [-0.39, 0.29) is 10.8 Å². The molecule has 4 rings (SSSR count). The Balaban J connectivity index is 1.90. The van der Waals surface area contributed by atoms with Crippen molar-refractivity contribution in [2.24, 2.45) is 5.92 Å². The smallest absolute Gasteiger partial charge is 0.242 e. The van der Waals surface area contributed by atoms with E-state index in [1.807, 2.05) is 0 Å². The molecule has 3 aliphatic rings. The zero-order valence-electron chi connectivity index (χ0n) is 11.4. The number of nitrogens with one attached hydrogen (secondary N) is 1. The van der Waals surface area contributed by atoms with Gasteiger partial charge in [-0.15, -0.1) is 0 Å². The van der Waals surface area contributed by atoms with Crippen LogP contribution in [-0.4, -0.2) is 38.5 Å². The second-order valence-electron chi connectivity index (χ2n) is 5.69. The van der Waals surface area contributed by atoms with Crippen LogP contribution in [0, 0.1) is 17.2 Å². The van der Waals surface area contributed by atoms with Gasteiger partial charge in [0, 0.05) is 11.0 Å². The fourth-order valence-corrected chi connectivity index (χ4v) is 4.88. The average Bonchev–Trinajstić information content (AvgIpc) is 2.48. The molecule has 0 aliphatic carbocycles. The van der Waals surface area contributed by atoms with Gasteiger partial charge >= 0.3 is 0 Å². The predicted octanol–water partition coefficient (Wildman–Crippen LogP) is 1.72. The molecular formula is C14H16BrN3O2S. The van der Waals surface area contributed by atoms with E-state index in [1.54, 1.807) is 24.3 Å². The van der Waals surface area contributed by atoms with Gasteiger partial charge in [-0.3, -0.25) is 0 Å². The zero-order valence-corrected chi connectivity index (χ0v) is 13.8. The maximum Gasteiger partial charge on any atom is 0.242 e. The van der Waals surface area contributed by atoms with Crippen LogP contribution in [0.4, 0.5) is 0 Å². The van der Waals surface area contributed by atoms with Gasteiger partial charge in [-0.05, 0) is 56.1 Å². The molecule has 1 N–H and O–H groups in total. The molecule has 3 fully saturated rings. The van der Waals surface area contributed by atoms with Gasteiger partial charge in [0.05, 0.1) is 11.0 Å². The quantitative estimate of drug-likeness (QED) is 0.879. The van der Waals surface area contributed by atoms with Crippen molar-refractivity contribution >= 4 is 26.0 Å². The number of hydrogen-bond donors (Lipinski definition) is 1. The van der Waals surface area contributed by atoms with E-state index in [1.165, 1.54) is 0 Å². The lowest BCUT2D eigenvalue weighted by atomic mass is 9.74. The molecular weight excluding hydrogens is 354 g/mol. The van der Waals surface area contributed by atoms with Crippen molar-refractivity contribution in [3.8, 4) is 6.07 Å². The van der Waals surface area contributed by atoms with Gasteiger partial charge in [-0.1, -0.05) is 15.9 Å². The van der Waals surface area contributed by atoms with Crippen molar-refractivity contribution in [2.45, 2.75) is 23.3 Å².